The van der Waals surface area contributed by atoms with Gasteiger partial charge in [-0.3, -0.25) is 0 Å². The van der Waals surface area contributed by atoms with Crippen LogP contribution in [0.3, 0.4) is 0 Å². The van der Waals surface area contributed by atoms with Gasteiger partial charge in [-0.2, -0.15) is 5.26 Å². The molecule has 0 amide bonds. The first-order valence-corrected chi connectivity index (χ1v) is 6.79. The molecule has 0 aliphatic rings. The lowest BCUT2D eigenvalue weighted by atomic mass is 10.2. The maximum Gasteiger partial charge on any atom is 0.101 e. The van der Waals surface area contributed by atoms with Gasteiger partial charge in [-0.1, -0.05) is 11.6 Å². The number of nitriles is 1. The van der Waals surface area contributed by atoms with Gasteiger partial charge in [0, 0.05) is 22.0 Å². The molecule has 2 nitrogen and oxygen atoms in total. The van der Waals surface area contributed by atoms with E-state index in [1.54, 1.807) is 23.5 Å². The number of anilines is 1. The third-order valence-corrected chi connectivity index (χ3v) is 4.05. The number of hydrogen-bond donors (Lipinski definition) is 1. The van der Waals surface area contributed by atoms with Gasteiger partial charge in [0.25, 0.3) is 0 Å². The van der Waals surface area contributed by atoms with Gasteiger partial charge in [0.15, 0.2) is 0 Å². The monoisotopic (exact) mass is 276 g/mol. The molecule has 0 atom stereocenters. The zero-order chi connectivity index (χ0) is 13.1. The average Bonchev–Trinajstić information content (AvgIpc) is 2.67. The largest absolute Gasteiger partial charge is 0.381 e. The van der Waals surface area contributed by atoms with E-state index < -0.39 is 0 Å². The molecule has 2 rings (SSSR count). The molecule has 0 saturated carbocycles. The van der Waals surface area contributed by atoms with Crippen molar-refractivity contribution in [2.24, 2.45) is 0 Å². The minimum Gasteiger partial charge on any atom is -0.381 e. The van der Waals surface area contributed by atoms with E-state index in [1.807, 2.05) is 6.07 Å². The molecule has 0 aliphatic carbocycles. The Bertz CT molecular complexity index is 611. The summed E-state index contributed by atoms with van der Waals surface area (Å²) >= 11 is 7.69. The standard InChI is InChI=1S/C14H13ClN2S/c1-9-5-12(10(2)18-9)8-17-13-3-4-14(15)11(6-13)7-16/h3-6,17H,8H2,1-2H3. The summed E-state index contributed by atoms with van der Waals surface area (Å²) in [5.74, 6) is 0. The van der Waals surface area contributed by atoms with Gasteiger partial charge in [-0.05, 0) is 43.7 Å². The van der Waals surface area contributed by atoms with Crippen LogP contribution in [-0.4, -0.2) is 0 Å². The summed E-state index contributed by atoms with van der Waals surface area (Å²) in [6.45, 7) is 5.00. The molecule has 0 saturated heterocycles. The fourth-order valence-corrected chi connectivity index (χ4v) is 2.88. The molecular formula is C14H13ClN2S. The smallest absolute Gasteiger partial charge is 0.101 e. The third kappa shape index (κ3) is 2.84. The Balaban J connectivity index is 2.11. The highest BCUT2D eigenvalue weighted by Gasteiger charge is 2.04. The lowest BCUT2D eigenvalue weighted by Gasteiger charge is -2.07. The van der Waals surface area contributed by atoms with Crippen LogP contribution in [0.15, 0.2) is 24.3 Å². The molecule has 0 radical (unpaired) electrons. The highest BCUT2D eigenvalue weighted by molar-refractivity contribution is 7.12. The van der Waals surface area contributed by atoms with Crippen molar-refractivity contribution >= 4 is 28.6 Å². The minimum absolute atomic E-state index is 0.491. The molecule has 1 aromatic heterocycles. The van der Waals surface area contributed by atoms with E-state index in [9.17, 15) is 0 Å². The normalized spacial score (nSPS) is 10.1. The summed E-state index contributed by atoms with van der Waals surface area (Å²) in [4.78, 5) is 2.65. The topological polar surface area (TPSA) is 35.8 Å². The maximum absolute atomic E-state index is 8.92. The molecule has 1 aromatic carbocycles. The number of rotatable bonds is 3. The van der Waals surface area contributed by atoms with E-state index in [0.29, 0.717) is 10.6 Å². The Labute approximate surface area is 116 Å². The van der Waals surface area contributed by atoms with Crippen molar-refractivity contribution in [3.05, 3.63) is 50.2 Å². The molecule has 0 fully saturated rings. The van der Waals surface area contributed by atoms with Crippen molar-refractivity contribution in [3.63, 3.8) is 0 Å². The SMILES string of the molecule is Cc1cc(CNc2ccc(Cl)c(C#N)c2)c(C)s1. The van der Waals surface area contributed by atoms with E-state index in [4.69, 9.17) is 16.9 Å². The van der Waals surface area contributed by atoms with Crippen molar-refractivity contribution < 1.29 is 0 Å². The van der Waals surface area contributed by atoms with Crippen LogP contribution >= 0.6 is 22.9 Å². The van der Waals surface area contributed by atoms with Crippen molar-refractivity contribution in [1.29, 1.82) is 5.26 Å². The van der Waals surface area contributed by atoms with E-state index in [1.165, 1.54) is 15.3 Å². The molecule has 0 spiro atoms. The summed E-state index contributed by atoms with van der Waals surface area (Å²) in [6.07, 6.45) is 0. The molecule has 18 heavy (non-hydrogen) atoms. The van der Waals surface area contributed by atoms with Crippen LogP contribution in [-0.2, 0) is 6.54 Å². The Hall–Kier alpha value is -1.50. The quantitative estimate of drug-likeness (QED) is 0.896. The first kappa shape index (κ1) is 12.9. The van der Waals surface area contributed by atoms with Crippen LogP contribution in [0, 0.1) is 25.2 Å². The van der Waals surface area contributed by atoms with Gasteiger partial charge >= 0.3 is 0 Å². The molecular weight excluding hydrogens is 264 g/mol. The molecule has 92 valence electrons. The summed E-state index contributed by atoms with van der Waals surface area (Å²) < 4.78 is 0. The molecule has 0 aliphatic heterocycles. The van der Waals surface area contributed by atoms with Gasteiger partial charge < -0.3 is 5.32 Å². The van der Waals surface area contributed by atoms with Crippen molar-refractivity contribution in [2.45, 2.75) is 20.4 Å². The van der Waals surface area contributed by atoms with Crippen molar-refractivity contribution in [3.8, 4) is 6.07 Å². The number of nitrogens with one attached hydrogen (secondary N) is 1. The molecule has 1 heterocycles. The predicted octanol–water partition coefficient (Wildman–Crippen LogP) is 4.50. The molecule has 0 bridgehead atoms. The maximum atomic E-state index is 8.92. The molecule has 4 heteroatoms. The first-order chi connectivity index (χ1) is 8.60. The van der Waals surface area contributed by atoms with Gasteiger partial charge in [-0.15, -0.1) is 11.3 Å². The Morgan fingerprint density at radius 1 is 1.33 bits per heavy atom. The van der Waals surface area contributed by atoms with Crippen molar-refractivity contribution in [1.82, 2.24) is 0 Å². The minimum atomic E-state index is 0.491. The Morgan fingerprint density at radius 3 is 2.72 bits per heavy atom. The highest BCUT2D eigenvalue weighted by Crippen LogP contribution is 2.23. The van der Waals surface area contributed by atoms with Crippen molar-refractivity contribution in [2.75, 3.05) is 5.32 Å². The number of aryl methyl sites for hydroxylation is 2. The second-order valence-electron chi connectivity index (χ2n) is 4.10. The van der Waals surface area contributed by atoms with E-state index >= 15 is 0 Å². The van der Waals surface area contributed by atoms with Gasteiger partial charge in [-0.25, -0.2) is 0 Å². The summed E-state index contributed by atoms with van der Waals surface area (Å²) in [5.41, 5.74) is 2.71. The number of hydrogen-bond acceptors (Lipinski definition) is 3. The number of thiophene rings is 1. The fourth-order valence-electron chi connectivity index (χ4n) is 1.78. The molecule has 2 aromatic rings. The predicted molar refractivity (Wildman–Crippen MR) is 77.3 cm³/mol. The van der Waals surface area contributed by atoms with Gasteiger partial charge in [0.1, 0.15) is 6.07 Å². The highest BCUT2D eigenvalue weighted by atomic mass is 35.5. The van der Waals surface area contributed by atoms with Crippen LogP contribution in [0.2, 0.25) is 5.02 Å². The van der Waals surface area contributed by atoms with Crippen LogP contribution in [0.25, 0.3) is 0 Å². The van der Waals surface area contributed by atoms with E-state index in [-0.39, 0.29) is 0 Å². The second-order valence-corrected chi connectivity index (χ2v) is 5.97. The third-order valence-electron chi connectivity index (χ3n) is 2.71. The lowest BCUT2D eigenvalue weighted by molar-refractivity contribution is 1.14. The fraction of sp³-hybridized carbons (Fsp3) is 0.214. The molecule has 1 N–H and O–H groups in total. The number of benzene rings is 1. The average molecular weight is 277 g/mol. The summed E-state index contributed by atoms with van der Waals surface area (Å²) in [7, 11) is 0. The number of nitrogens with zero attached hydrogens (tertiary/aromatic N) is 1. The Morgan fingerprint density at radius 2 is 2.11 bits per heavy atom. The first-order valence-electron chi connectivity index (χ1n) is 5.59. The van der Waals surface area contributed by atoms with E-state index in [2.05, 4.69) is 31.3 Å². The van der Waals surface area contributed by atoms with Crippen LogP contribution in [0.4, 0.5) is 5.69 Å². The van der Waals surface area contributed by atoms with Crippen LogP contribution < -0.4 is 5.32 Å². The van der Waals surface area contributed by atoms with Gasteiger partial charge in [0.05, 0.1) is 10.6 Å². The summed E-state index contributed by atoms with van der Waals surface area (Å²) in [5, 5.41) is 12.7. The number of halogens is 1. The van der Waals surface area contributed by atoms with E-state index in [0.717, 1.165) is 12.2 Å². The zero-order valence-corrected chi connectivity index (χ0v) is 11.8. The second kappa shape index (κ2) is 5.43. The lowest BCUT2D eigenvalue weighted by Crippen LogP contribution is -1.99. The zero-order valence-electron chi connectivity index (χ0n) is 10.2. The van der Waals surface area contributed by atoms with Crippen LogP contribution in [0.5, 0.6) is 0 Å². The Kier molecular flexibility index (Phi) is 3.90. The molecule has 0 unspecified atom stereocenters. The van der Waals surface area contributed by atoms with Gasteiger partial charge in [0.2, 0.25) is 0 Å². The van der Waals surface area contributed by atoms with Crippen LogP contribution in [0.1, 0.15) is 20.9 Å². The summed E-state index contributed by atoms with van der Waals surface area (Å²) in [6, 6.07) is 9.67.